The predicted octanol–water partition coefficient (Wildman–Crippen LogP) is 1.90. The minimum atomic E-state index is -0.430. The van der Waals surface area contributed by atoms with Crippen molar-refractivity contribution in [2.24, 2.45) is 0 Å². The van der Waals surface area contributed by atoms with Gasteiger partial charge in [0, 0.05) is 6.20 Å². The Bertz CT molecular complexity index is 207. The first-order valence-corrected chi connectivity index (χ1v) is 3.79. The van der Waals surface area contributed by atoms with E-state index in [9.17, 15) is 0 Å². The summed E-state index contributed by atoms with van der Waals surface area (Å²) in [6.45, 7) is 1.71. The van der Waals surface area contributed by atoms with Crippen molar-refractivity contribution < 1.29 is 5.11 Å². The summed E-state index contributed by atoms with van der Waals surface area (Å²) in [4.78, 5) is 3.96. The van der Waals surface area contributed by atoms with Gasteiger partial charge in [-0.2, -0.15) is 0 Å². The van der Waals surface area contributed by atoms with Crippen LogP contribution in [0.1, 0.15) is 18.6 Å². The van der Waals surface area contributed by atoms with E-state index in [1.807, 2.05) is 12.1 Å². The smallest absolute Gasteiger partial charge is 0.106 e. The maximum atomic E-state index is 9.06. The summed E-state index contributed by atoms with van der Waals surface area (Å²) in [6, 6.07) is 3.64. The molecule has 0 unspecified atom stereocenters. The third-order valence-corrected chi connectivity index (χ3v) is 1.70. The van der Waals surface area contributed by atoms with Crippen LogP contribution in [0.25, 0.3) is 0 Å². The largest absolute Gasteiger partial charge is 0.389 e. The van der Waals surface area contributed by atoms with E-state index in [-0.39, 0.29) is 0 Å². The minimum Gasteiger partial charge on any atom is -0.389 e. The lowest BCUT2D eigenvalue weighted by molar-refractivity contribution is 0.199. The normalized spacial score (nSPS) is 13.1. The van der Waals surface area contributed by atoms with E-state index in [1.165, 1.54) is 0 Å². The second-order valence-electron chi connectivity index (χ2n) is 2.09. The standard InChI is InChI=1S/C7H8BrNO/c1-5(10)6-2-3-7(8)9-4-6/h2-5,10H,1H3/t5-/m1/s1. The third kappa shape index (κ3) is 1.78. The van der Waals surface area contributed by atoms with Gasteiger partial charge in [0.1, 0.15) is 4.60 Å². The SMILES string of the molecule is C[C@@H](O)c1ccc(Br)nc1. The molecule has 0 amide bonds. The third-order valence-electron chi connectivity index (χ3n) is 1.23. The summed E-state index contributed by atoms with van der Waals surface area (Å²) in [7, 11) is 0. The summed E-state index contributed by atoms with van der Waals surface area (Å²) in [6.07, 6.45) is 1.22. The fourth-order valence-electron chi connectivity index (χ4n) is 0.634. The minimum absolute atomic E-state index is 0.430. The molecule has 0 aliphatic heterocycles. The van der Waals surface area contributed by atoms with Crippen molar-refractivity contribution in [1.29, 1.82) is 0 Å². The second kappa shape index (κ2) is 3.12. The van der Waals surface area contributed by atoms with Gasteiger partial charge in [-0.1, -0.05) is 6.07 Å². The summed E-state index contributed by atoms with van der Waals surface area (Å²) in [5.74, 6) is 0. The number of pyridine rings is 1. The van der Waals surface area contributed by atoms with Gasteiger partial charge in [0.05, 0.1) is 6.10 Å². The number of hydrogen-bond donors (Lipinski definition) is 1. The van der Waals surface area contributed by atoms with Gasteiger partial charge in [-0.3, -0.25) is 0 Å². The molecule has 10 heavy (non-hydrogen) atoms. The number of aliphatic hydroxyl groups excluding tert-OH is 1. The predicted molar refractivity (Wildman–Crippen MR) is 42.6 cm³/mol. The summed E-state index contributed by atoms with van der Waals surface area (Å²) >= 11 is 3.20. The Kier molecular flexibility index (Phi) is 2.40. The number of aliphatic hydroxyl groups is 1. The lowest BCUT2D eigenvalue weighted by atomic mass is 10.2. The zero-order valence-corrected chi connectivity index (χ0v) is 7.17. The highest BCUT2D eigenvalue weighted by Crippen LogP contribution is 2.12. The summed E-state index contributed by atoms with van der Waals surface area (Å²) < 4.78 is 0.789. The van der Waals surface area contributed by atoms with Crippen LogP contribution in [0.2, 0.25) is 0 Å². The van der Waals surface area contributed by atoms with Gasteiger partial charge >= 0.3 is 0 Å². The molecule has 1 aromatic rings. The van der Waals surface area contributed by atoms with Crippen LogP contribution < -0.4 is 0 Å². The fraction of sp³-hybridized carbons (Fsp3) is 0.286. The molecule has 0 fully saturated rings. The Morgan fingerprint density at radius 1 is 1.60 bits per heavy atom. The van der Waals surface area contributed by atoms with E-state index in [4.69, 9.17) is 5.11 Å². The second-order valence-corrected chi connectivity index (χ2v) is 2.90. The molecule has 0 saturated heterocycles. The highest BCUT2D eigenvalue weighted by Gasteiger charge is 1.98. The van der Waals surface area contributed by atoms with Gasteiger partial charge < -0.3 is 5.11 Å². The van der Waals surface area contributed by atoms with Crippen LogP contribution in [0.15, 0.2) is 22.9 Å². The molecule has 2 nitrogen and oxygen atoms in total. The maximum absolute atomic E-state index is 9.06. The first-order chi connectivity index (χ1) is 4.70. The zero-order valence-electron chi connectivity index (χ0n) is 5.58. The van der Waals surface area contributed by atoms with Gasteiger partial charge in [-0.15, -0.1) is 0 Å². The molecule has 1 atom stereocenters. The molecule has 1 aromatic heterocycles. The van der Waals surface area contributed by atoms with Crippen LogP contribution in [0.3, 0.4) is 0 Å². The van der Waals surface area contributed by atoms with Crippen molar-refractivity contribution >= 4 is 15.9 Å². The fourth-order valence-corrected chi connectivity index (χ4v) is 0.869. The molecule has 1 heterocycles. The molecule has 0 bridgehead atoms. The van der Waals surface area contributed by atoms with Crippen molar-refractivity contribution in [2.75, 3.05) is 0 Å². The van der Waals surface area contributed by atoms with Gasteiger partial charge in [0.15, 0.2) is 0 Å². The van der Waals surface area contributed by atoms with Gasteiger partial charge in [-0.25, -0.2) is 4.98 Å². The Hall–Kier alpha value is -0.410. The average molecular weight is 202 g/mol. The Labute approximate surface area is 68.0 Å². The summed E-state index contributed by atoms with van der Waals surface area (Å²) in [5, 5.41) is 9.06. The Morgan fingerprint density at radius 3 is 2.70 bits per heavy atom. The lowest BCUT2D eigenvalue weighted by Crippen LogP contribution is -1.90. The molecule has 3 heteroatoms. The quantitative estimate of drug-likeness (QED) is 0.705. The van der Waals surface area contributed by atoms with Crippen LogP contribution in [-0.2, 0) is 0 Å². The molecule has 0 aromatic carbocycles. The van der Waals surface area contributed by atoms with E-state index < -0.39 is 6.10 Å². The van der Waals surface area contributed by atoms with Gasteiger partial charge in [0.25, 0.3) is 0 Å². The topological polar surface area (TPSA) is 33.1 Å². The zero-order chi connectivity index (χ0) is 7.56. The summed E-state index contributed by atoms with van der Waals surface area (Å²) in [5.41, 5.74) is 0.836. The van der Waals surface area contributed by atoms with Crippen molar-refractivity contribution in [3.8, 4) is 0 Å². The molecule has 0 spiro atoms. The highest BCUT2D eigenvalue weighted by atomic mass is 79.9. The molecule has 0 aliphatic rings. The highest BCUT2D eigenvalue weighted by molar-refractivity contribution is 9.10. The number of hydrogen-bond acceptors (Lipinski definition) is 2. The van der Waals surface area contributed by atoms with Crippen molar-refractivity contribution in [2.45, 2.75) is 13.0 Å². The van der Waals surface area contributed by atoms with Crippen LogP contribution in [0.4, 0.5) is 0 Å². The van der Waals surface area contributed by atoms with Gasteiger partial charge in [0.2, 0.25) is 0 Å². The number of nitrogens with zero attached hydrogens (tertiary/aromatic N) is 1. The molecule has 0 saturated carbocycles. The van der Waals surface area contributed by atoms with Crippen LogP contribution in [0, 0.1) is 0 Å². The van der Waals surface area contributed by atoms with E-state index in [1.54, 1.807) is 13.1 Å². The monoisotopic (exact) mass is 201 g/mol. The molecule has 54 valence electrons. The molecular weight excluding hydrogens is 194 g/mol. The lowest BCUT2D eigenvalue weighted by Gasteiger charge is -2.01. The maximum Gasteiger partial charge on any atom is 0.106 e. The van der Waals surface area contributed by atoms with Crippen molar-refractivity contribution in [3.63, 3.8) is 0 Å². The average Bonchev–Trinajstić information content (AvgIpc) is 1.88. The number of aromatic nitrogens is 1. The Morgan fingerprint density at radius 2 is 2.30 bits per heavy atom. The molecule has 1 rings (SSSR count). The first-order valence-electron chi connectivity index (χ1n) is 2.99. The van der Waals surface area contributed by atoms with Crippen molar-refractivity contribution in [3.05, 3.63) is 28.5 Å². The van der Waals surface area contributed by atoms with Crippen LogP contribution in [0.5, 0.6) is 0 Å². The first kappa shape index (κ1) is 7.69. The molecule has 0 aliphatic carbocycles. The molecule has 1 N–H and O–H groups in total. The molecule has 0 radical (unpaired) electrons. The van der Waals surface area contributed by atoms with Crippen molar-refractivity contribution in [1.82, 2.24) is 4.98 Å². The van der Waals surface area contributed by atoms with Gasteiger partial charge in [-0.05, 0) is 34.5 Å². The molecular formula is C7H8BrNO. The Balaban J connectivity index is 2.89. The number of rotatable bonds is 1. The van der Waals surface area contributed by atoms with Crippen LogP contribution in [-0.4, -0.2) is 10.1 Å². The number of halogens is 1. The van der Waals surface area contributed by atoms with E-state index in [2.05, 4.69) is 20.9 Å². The van der Waals surface area contributed by atoms with E-state index in [0.717, 1.165) is 10.2 Å². The van der Waals surface area contributed by atoms with E-state index >= 15 is 0 Å². The van der Waals surface area contributed by atoms with E-state index in [0.29, 0.717) is 0 Å². The van der Waals surface area contributed by atoms with Crippen LogP contribution >= 0.6 is 15.9 Å².